The second-order valence-electron chi connectivity index (χ2n) is 11.8. The highest BCUT2D eigenvalue weighted by Gasteiger charge is 2.47. The van der Waals surface area contributed by atoms with E-state index in [0.29, 0.717) is 40.7 Å². The van der Waals surface area contributed by atoms with Gasteiger partial charge in [0.15, 0.2) is 0 Å². The zero-order chi connectivity index (χ0) is 30.9. The lowest BCUT2D eigenvalue weighted by Crippen LogP contribution is -2.49. The molecule has 0 bridgehead atoms. The van der Waals surface area contributed by atoms with Crippen molar-refractivity contribution in [1.29, 1.82) is 0 Å². The molecule has 1 aromatic heterocycles. The van der Waals surface area contributed by atoms with Gasteiger partial charge in [0.1, 0.15) is 17.3 Å². The van der Waals surface area contributed by atoms with Gasteiger partial charge in [-0.2, -0.15) is 0 Å². The predicted molar refractivity (Wildman–Crippen MR) is 170 cm³/mol. The minimum absolute atomic E-state index is 0.0949. The van der Waals surface area contributed by atoms with Crippen molar-refractivity contribution in [3.8, 4) is 33.9 Å². The number of amides is 1. The molecule has 1 amide bonds. The molecule has 5 rings (SSSR count). The Morgan fingerprint density at radius 2 is 1.84 bits per heavy atom. The number of methoxy groups -OCH3 is 1. The molecular formula is C33H39ClFN5O3. The standard InChI is InChI=1S/C33H39ClFN5O3/c1-22(2)40-11-6-9-33(40)10-12-38(20-33)30-16-24(19-36-32(30)43-5)27-18-25(35)17-26(31(27)42)23-7-8-29(28(34)15-23)39(21-41)14-13-37(3)4/h7-8,13-19,21-22,42H,6,9-12,20H2,1-5H3/b14-13-. The molecule has 1 unspecified atom stereocenters. The van der Waals surface area contributed by atoms with Gasteiger partial charge in [-0.25, -0.2) is 9.37 Å². The van der Waals surface area contributed by atoms with Crippen LogP contribution < -0.4 is 14.5 Å². The topological polar surface area (TPSA) is 72.4 Å². The summed E-state index contributed by atoms with van der Waals surface area (Å²) in [5.41, 5.74) is 3.08. The van der Waals surface area contributed by atoms with E-state index < -0.39 is 5.82 Å². The summed E-state index contributed by atoms with van der Waals surface area (Å²) in [4.78, 5) is 24.3. The fraction of sp³-hybridized carbons (Fsp3) is 0.394. The van der Waals surface area contributed by atoms with Gasteiger partial charge >= 0.3 is 0 Å². The van der Waals surface area contributed by atoms with Crippen LogP contribution in [-0.2, 0) is 4.79 Å². The highest BCUT2D eigenvalue weighted by Crippen LogP contribution is 2.45. The Morgan fingerprint density at radius 1 is 1.09 bits per heavy atom. The molecule has 0 aliphatic carbocycles. The van der Waals surface area contributed by atoms with E-state index in [-0.39, 0.29) is 21.9 Å². The number of halogens is 2. The average Bonchev–Trinajstić information content (AvgIpc) is 3.61. The lowest BCUT2D eigenvalue weighted by molar-refractivity contribution is -0.107. The van der Waals surface area contributed by atoms with Gasteiger partial charge in [0.2, 0.25) is 12.3 Å². The third-order valence-electron chi connectivity index (χ3n) is 8.53. The van der Waals surface area contributed by atoms with Crippen molar-refractivity contribution in [3.63, 3.8) is 0 Å². The summed E-state index contributed by atoms with van der Waals surface area (Å²) in [6.45, 7) is 7.33. The zero-order valence-corrected chi connectivity index (χ0v) is 26.1. The van der Waals surface area contributed by atoms with Gasteiger partial charge in [-0.3, -0.25) is 14.6 Å². The van der Waals surface area contributed by atoms with Gasteiger partial charge in [-0.1, -0.05) is 17.7 Å². The molecule has 228 valence electrons. The summed E-state index contributed by atoms with van der Waals surface area (Å²) in [5, 5.41) is 11.7. The Labute approximate surface area is 257 Å². The maximum absolute atomic E-state index is 15.1. The van der Waals surface area contributed by atoms with Gasteiger partial charge in [-0.05, 0) is 75.5 Å². The number of hydrogen-bond donors (Lipinski definition) is 1. The highest BCUT2D eigenvalue weighted by molar-refractivity contribution is 6.34. The molecule has 1 atom stereocenters. The molecular weight excluding hydrogens is 569 g/mol. The van der Waals surface area contributed by atoms with Gasteiger partial charge in [-0.15, -0.1) is 0 Å². The van der Waals surface area contributed by atoms with Crippen LogP contribution in [0.4, 0.5) is 15.8 Å². The van der Waals surface area contributed by atoms with Crippen molar-refractivity contribution in [2.75, 3.05) is 50.6 Å². The van der Waals surface area contributed by atoms with E-state index in [0.717, 1.165) is 38.2 Å². The predicted octanol–water partition coefficient (Wildman–Crippen LogP) is 6.37. The number of pyridine rings is 1. The number of phenolic OH excluding ortho intramolecular Hbond substituents is 1. The van der Waals surface area contributed by atoms with Crippen LogP contribution >= 0.6 is 11.6 Å². The van der Waals surface area contributed by atoms with E-state index in [1.807, 2.05) is 20.2 Å². The monoisotopic (exact) mass is 607 g/mol. The number of rotatable bonds is 9. The molecule has 3 aromatic rings. The van der Waals surface area contributed by atoms with E-state index in [1.54, 1.807) is 48.8 Å². The van der Waals surface area contributed by atoms with Gasteiger partial charge in [0, 0.05) is 74.1 Å². The van der Waals surface area contributed by atoms with E-state index in [1.165, 1.54) is 23.5 Å². The Bertz CT molecular complexity index is 1530. The van der Waals surface area contributed by atoms with Crippen molar-refractivity contribution >= 4 is 29.4 Å². The largest absolute Gasteiger partial charge is 0.507 e. The summed E-state index contributed by atoms with van der Waals surface area (Å²) in [7, 11) is 5.28. The van der Waals surface area contributed by atoms with Crippen LogP contribution in [0.5, 0.6) is 11.6 Å². The quantitative estimate of drug-likeness (QED) is 0.283. The third-order valence-corrected chi connectivity index (χ3v) is 8.84. The van der Waals surface area contributed by atoms with Gasteiger partial charge in [0.25, 0.3) is 0 Å². The molecule has 2 aliphatic rings. The summed E-state index contributed by atoms with van der Waals surface area (Å²) in [6.07, 6.45) is 8.96. The molecule has 1 N–H and O–H groups in total. The van der Waals surface area contributed by atoms with E-state index in [4.69, 9.17) is 16.3 Å². The van der Waals surface area contributed by atoms with Crippen molar-refractivity contribution in [2.24, 2.45) is 0 Å². The molecule has 0 saturated carbocycles. The molecule has 2 aromatic carbocycles. The average molecular weight is 608 g/mol. The molecule has 8 nitrogen and oxygen atoms in total. The number of likely N-dealkylation sites (tertiary alicyclic amines) is 1. The van der Waals surface area contributed by atoms with Crippen molar-refractivity contribution in [2.45, 2.75) is 44.7 Å². The van der Waals surface area contributed by atoms with Crippen LogP contribution in [0, 0.1) is 5.82 Å². The number of hydrogen-bond acceptors (Lipinski definition) is 7. The molecule has 2 aliphatic heterocycles. The Hall–Kier alpha value is -3.82. The first kappa shape index (κ1) is 30.6. The number of phenols is 1. The van der Waals surface area contributed by atoms with Crippen LogP contribution in [0.15, 0.2) is 55.0 Å². The zero-order valence-electron chi connectivity index (χ0n) is 25.3. The summed E-state index contributed by atoms with van der Waals surface area (Å²) in [5.74, 6) is -0.110. The van der Waals surface area contributed by atoms with Gasteiger partial charge in [0.05, 0.1) is 17.8 Å². The lowest BCUT2D eigenvalue weighted by atomic mass is 9.94. The minimum atomic E-state index is -0.512. The normalized spacial score (nSPS) is 18.7. The van der Waals surface area contributed by atoms with Crippen LogP contribution in [0.3, 0.4) is 0 Å². The molecule has 10 heteroatoms. The first-order chi connectivity index (χ1) is 20.6. The number of carbonyl (C=O) groups is 1. The molecule has 2 fully saturated rings. The first-order valence-corrected chi connectivity index (χ1v) is 14.9. The van der Waals surface area contributed by atoms with Crippen LogP contribution in [0.1, 0.15) is 33.1 Å². The summed E-state index contributed by atoms with van der Waals surface area (Å²) >= 11 is 6.57. The van der Waals surface area contributed by atoms with Crippen molar-refractivity contribution in [1.82, 2.24) is 14.8 Å². The minimum Gasteiger partial charge on any atom is -0.507 e. The molecule has 3 heterocycles. The summed E-state index contributed by atoms with van der Waals surface area (Å²) in [6, 6.07) is 9.95. The van der Waals surface area contributed by atoms with Crippen LogP contribution in [0.2, 0.25) is 5.02 Å². The SMILES string of the molecule is COc1ncc(-c2cc(F)cc(-c3ccc(N(C=O)/C=C\N(C)C)c(Cl)c3)c2O)cc1N1CCC2(CCCN2C(C)C)C1. The fourth-order valence-corrected chi connectivity index (χ4v) is 6.82. The Morgan fingerprint density at radius 3 is 2.49 bits per heavy atom. The molecule has 1 spiro atoms. The Kier molecular flexibility index (Phi) is 8.85. The third kappa shape index (κ3) is 6.01. The molecule has 2 saturated heterocycles. The molecule has 0 radical (unpaired) electrons. The molecule has 43 heavy (non-hydrogen) atoms. The number of carbonyl (C=O) groups excluding carboxylic acids is 1. The first-order valence-electron chi connectivity index (χ1n) is 14.5. The Balaban J connectivity index is 1.50. The van der Waals surface area contributed by atoms with Crippen LogP contribution in [-0.4, -0.2) is 78.7 Å². The highest BCUT2D eigenvalue weighted by atomic mass is 35.5. The van der Waals surface area contributed by atoms with E-state index in [9.17, 15) is 9.90 Å². The smallest absolute Gasteiger partial charge is 0.237 e. The van der Waals surface area contributed by atoms with E-state index >= 15 is 4.39 Å². The number of aromatic nitrogens is 1. The van der Waals surface area contributed by atoms with Crippen molar-refractivity contribution in [3.05, 3.63) is 65.8 Å². The fourth-order valence-electron chi connectivity index (χ4n) is 6.54. The second kappa shape index (κ2) is 12.4. The number of ether oxygens (including phenoxy) is 1. The second-order valence-corrected chi connectivity index (χ2v) is 12.2. The number of anilines is 2. The number of nitrogens with zero attached hydrogens (tertiary/aromatic N) is 5. The van der Waals surface area contributed by atoms with Gasteiger partial charge < -0.3 is 19.6 Å². The number of benzene rings is 2. The summed E-state index contributed by atoms with van der Waals surface area (Å²) < 4.78 is 20.8. The van der Waals surface area contributed by atoms with E-state index in [2.05, 4.69) is 28.6 Å². The lowest BCUT2D eigenvalue weighted by Gasteiger charge is -2.38. The number of aromatic hydroxyl groups is 1. The maximum atomic E-state index is 15.1. The van der Waals surface area contributed by atoms with Crippen molar-refractivity contribution < 1.29 is 19.0 Å². The maximum Gasteiger partial charge on any atom is 0.237 e. The van der Waals surface area contributed by atoms with Crippen LogP contribution in [0.25, 0.3) is 22.3 Å².